The summed E-state index contributed by atoms with van der Waals surface area (Å²) in [4.78, 5) is 2.84. The van der Waals surface area contributed by atoms with Crippen LogP contribution >= 0.6 is 0 Å². The number of nitrogens with zero attached hydrogens (tertiary/aromatic N) is 1. The molecule has 2 fully saturated rings. The maximum absolute atomic E-state index is 6.34. The van der Waals surface area contributed by atoms with Gasteiger partial charge in [0.05, 0.1) is 0 Å². The molecule has 4 unspecified atom stereocenters. The number of rotatable bonds is 3. The summed E-state index contributed by atoms with van der Waals surface area (Å²) in [5, 5.41) is 0. The van der Waals surface area contributed by atoms with Crippen molar-refractivity contribution >= 4 is 0 Å². The second-order valence-electron chi connectivity index (χ2n) is 8.18. The average Bonchev–Trinajstić information content (AvgIpc) is 2.68. The SMILES string of the molecule is CCC1CCC(C)N1C1(CN)CC(C)CC(C)(C)C1. The van der Waals surface area contributed by atoms with Crippen molar-refractivity contribution in [3.05, 3.63) is 0 Å². The molecule has 2 heteroatoms. The van der Waals surface area contributed by atoms with Crippen molar-refractivity contribution in [2.24, 2.45) is 17.1 Å². The largest absolute Gasteiger partial charge is 0.329 e. The van der Waals surface area contributed by atoms with Crippen molar-refractivity contribution in [2.75, 3.05) is 6.54 Å². The minimum Gasteiger partial charge on any atom is -0.329 e. The number of nitrogens with two attached hydrogens (primary N) is 1. The molecule has 112 valence electrons. The van der Waals surface area contributed by atoms with Crippen molar-refractivity contribution in [3.8, 4) is 0 Å². The Kier molecular flexibility index (Phi) is 4.32. The van der Waals surface area contributed by atoms with Gasteiger partial charge in [0.25, 0.3) is 0 Å². The van der Waals surface area contributed by atoms with E-state index in [1.165, 1.54) is 38.5 Å². The minimum absolute atomic E-state index is 0.262. The molecule has 0 bridgehead atoms. The molecule has 1 saturated carbocycles. The Hall–Kier alpha value is -0.0800. The predicted octanol–water partition coefficient (Wildman–Crippen LogP) is 3.79. The highest BCUT2D eigenvalue weighted by Crippen LogP contribution is 2.49. The molecule has 0 radical (unpaired) electrons. The third-order valence-corrected chi connectivity index (χ3v) is 5.62. The lowest BCUT2D eigenvalue weighted by molar-refractivity contribution is -0.0378. The minimum atomic E-state index is 0.262. The van der Waals surface area contributed by atoms with E-state index in [4.69, 9.17) is 5.73 Å². The van der Waals surface area contributed by atoms with Crippen LogP contribution < -0.4 is 5.73 Å². The zero-order valence-corrected chi connectivity index (χ0v) is 13.7. The summed E-state index contributed by atoms with van der Waals surface area (Å²) in [5.41, 5.74) is 7.04. The van der Waals surface area contributed by atoms with Gasteiger partial charge in [0.2, 0.25) is 0 Å². The fraction of sp³-hybridized carbons (Fsp3) is 1.00. The lowest BCUT2D eigenvalue weighted by Crippen LogP contribution is -2.62. The normalized spacial score (nSPS) is 43.6. The molecule has 0 aromatic carbocycles. The van der Waals surface area contributed by atoms with Crippen LogP contribution in [0.25, 0.3) is 0 Å². The van der Waals surface area contributed by atoms with E-state index in [2.05, 4.69) is 39.5 Å². The van der Waals surface area contributed by atoms with E-state index in [0.29, 0.717) is 5.41 Å². The first-order valence-electron chi connectivity index (χ1n) is 8.32. The van der Waals surface area contributed by atoms with Gasteiger partial charge in [-0.15, -0.1) is 0 Å². The highest BCUT2D eigenvalue weighted by molar-refractivity contribution is 5.06. The van der Waals surface area contributed by atoms with Crippen molar-refractivity contribution in [3.63, 3.8) is 0 Å². The Balaban J connectivity index is 2.30. The molecule has 0 aromatic rings. The maximum atomic E-state index is 6.34. The zero-order chi connectivity index (χ0) is 14.3. The van der Waals surface area contributed by atoms with Crippen LogP contribution in [0.4, 0.5) is 0 Å². The predicted molar refractivity (Wildman–Crippen MR) is 83.2 cm³/mol. The summed E-state index contributed by atoms with van der Waals surface area (Å²) < 4.78 is 0. The molecule has 1 heterocycles. The Morgan fingerprint density at radius 3 is 2.37 bits per heavy atom. The smallest absolute Gasteiger partial charge is 0.0345 e. The summed E-state index contributed by atoms with van der Waals surface area (Å²) >= 11 is 0. The van der Waals surface area contributed by atoms with Crippen LogP contribution in [0.5, 0.6) is 0 Å². The monoisotopic (exact) mass is 266 g/mol. The van der Waals surface area contributed by atoms with E-state index in [-0.39, 0.29) is 5.54 Å². The number of hydrogen-bond acceptors (Lipinski definition) is 2. The van der Waals surface area contributed by atoms with E-state index in [1.54, 1.807) is 0 Å². The third kappa shape index (κ3) is 2.85. The topological polar surface area (TPSA) is 29.3 Å². The standard InChI is InChI=1S/C17H34N2/c1-6-15-8-7-14(3)19(15)17(12-18)10-13(2)9-16(4,5)11-17/h13-15H,6-12,18H2,1-5H3. The van der Waals surface area contributed by atoms with Gasteiger partial charge in [-0.1, -0.05) is 27.7 Å². The van der Waals surface area contributed by atoms with Gasteiger partial charge in [-0.25, -0.2) is 0 Å². The summed E-state index contributed by atoms with van der Waals surface area (Å²) in [6.07, 6.45) is 7.94. The van der Waals surface area contributed by atoms with Gasteiger partial charge in [0.1, 0.15) is 0 Å². The van der Waals surface area contributed by atoms with E-state index in [0.717, 1.165) is 24.5 Å². The fourth-order valence-corrected chi connectivity index (χ4v) is 5.48. The van der Waals surface area contributed by atoms with Crippen molar-refractivity contribution < 1.29 is 0 Å². The molecule has 1 saturated heterocycles. The summed E-state index contributed by atoms with van der Waals surface area (Å²) in [6, 6.07) is 1.48. The molecule has 2 aliphatic rings. The fourth-order valence-electron chi connectivity index (χ4n) is 5.48. The first kappa shape index (κ1) is 15.3. The molecule has 0 spiro atoms. The van der Waals surface area contributed by atoms with Crippen LogP contribution in [0.1, 0.15) is 73.1 Å². The van der Waals surface area contributed by atoms with Gasteiger partial charge >= 0.3 is 0 Å². The van der Waals surface area contributed by atoms with Crippen molar-refractivity contribution in [1.29, 1.82) is 0 Å². The Morgan fingerprint density at radius 1 is 1.16 bits per heavy atom. The molecule has 4 atom stereocenters. The van der Waals surface area contributed by atoms with Crippen LogP contribution in [0.3, 0.4) is 0 Å². The summed E-state index contributed by atoms with van der Waals surface area (Å²) in [6.45, 7) is 12.9. The molecule has 1 aliphatic heterocycles. The maximum Gasteiger partial charge on any atom is 0.0345 e. The van der Waals surface area contributed by atoms with Gasteiger partial charge < -0.3 is 5.73 Å². The van der Waals surface area contributed by atoms with Crippen molar-refractivity contribution in [1.82, 2.24) is 4.90 Å². The van der Waals surface area contributed by atoms with Gasteiger partial charge in [-0.05, 0) is 56.8 Å². The van der Waals surface area contributed by atoms with Crippen LogP contribution in [-0.2, 0) is 0 Å². The number of likely N-dealkylation sites (tertiary alicyclic amines) is 1. The van der Waals surface area contributed by atoms with Crippen LogP contribution in [0.15, 0.2) is 0 Å². The Bertz CT molecular complexity index is 312. The first-order chi connectivity index (χ1) is 8.83. The zero-order valence-electron chi connectivity index (χ0n) is 13.7. The van der Waals surface area contributed by atoms with Gasteiger partial charge in [0.15, 0.2) is 0 Å². The lowest BCUT2D eigenvalue weighted by Gasteiger charge is -2.55. The average molecular weight is 266 g/mol. The second kappa shape index (κ2) is 5.37. The molecule has 2 nitrogen and oxygen atoms in total. The molecule has 0 aromatic heterocycles. The third-order valence-electron chi connectivity index (χ3n) is 5.62. The molecule has 1 aliphatic carbocycles. The van der Waals surface area contributed by atoms with Crippen LogP contribution in [0, 0.1) is 11.3 Å². The molecule has 2 rings (SSSR count). The quantitative estimate of drug-likeness (QED) is 0.842. The van der Waals surface area contributed by atoms with Gasteiger partial charge in [-0.3, -0.25) is 4.90 Å². The van der Waals surface area contributed by atoms with Gasteiger partial charge in [-0.2, -0.15) is 0 Å². The van der Waals surface area contributed by atoms with E-state index < -0.39 is 0 Å². The van der Waals surface area contributed by atoms with E-state index in [9.17, 15) is 0 Å². The summed E-state index contributed by atoms with van der Waals surface area (Å²) in [5.74, 6) is 0.803. The highest BCUT2D eigenvalue weighted by Gasteiger charge is 2.50. The van der Waals surface area contributed by atoms with E-state index >= 15 is 0 Å². The first-order valence-corrected chi connectivity index (χ1v) is 8.32. The lowest BCUT2D eigenvalue weighted by atomic mass is 9.63. The summed E-state index contributed by atoms with van der Waals surface area (Å²) in [7, 11) is 0. The highest BCUT2D eigenvalue weighted by atomic mass is 15.3. The molecule has 19 heavy (non-hydrogen) atoms. The Labute approximate surface area is 120 Å². The second-order valence-corrected chi connectivity index (χ2v) is 8.18. The van der Waals surface area contributed by atoms with Crippen LogP contribution in [-0.4, -0.2) is 29.1 Å². The molecule has 2 N–H and O–H groups in total. The van der Waals surface area contributed by atoms with Gasteiger partial charge in [0, 0.05) is 24.2 Å². The van der Waals surface area contributed by atoms with Crippen molar-refractivity contribution in [2.45, 2.75) is 90.8 Å². The Morgan fingerprint density at radius 2 is 1.84 bits per heavy atom. The molecular formula is C17H34N2. The van der Waals surface area contributed by atoms with E-state index in [1.807, 2.05) is 0 Å². The van der Waals surface area contributed by atoms with Crippen LogP contribution in [0.2, 0.25) is 0 Å². The number of hydrogen-bond donors (Lipinski definition) is 1. The molecular weight excluding hydrogens is 232 g/mol. The molecule has 0 amide bonds.